The zero-order chi connectivity index (χ0) is 30.1. The normalized spacial score (nSPS) is 14.4. The molecule has 1 fully saturated rings. The second-order valence-corrected chi connectivity index (χ2v) is 13.4. The van der Waals surface area contributed by atoms with Crippen LogP contribution < -0.4 is 9.62 Å². The first-order valence-electron chi connectivity index (χ1n) is 14.8. The summed E-state index contributed by atoms with van der Waals surface area (Å²) in [6.07, 6.45) is 6.13. The van der Waals surface area contributed by atoms with Crippen molar-refractivity contribution in [2.24, 2.45) is 0 Å². The van der Waals surface area contributed by atoms with E-state index in [1.165, 1.54) is 10.6 Å². The van der Waals surface area contributed by atoms with Gasteiger partial charge in [-0.3, -0.25) is 13.9 Å². The van der Waals surface area contributed by atoms with E-state index in [0.29, 0.717) is 25.1 Å². The first-order valence-corrected chi connectivity index (χ1v) is 16.7. The van der Waals surface area contributed by atoms with Gasteiger partial charge >= 0.3 is 0 Å². The Kier molecular flexibility index (Phi) is 10.8. The van der Waals surface area contributed by atoms with Gasteiger partial charge in [-0.15, -0.1) is 0 Å². The lowest BCUT2D eigenvalue weighted by molar-refractivity contribution is -0.141. The minimum Gasteiger partial charge on any atom is -0.352 e. The molecule has 4 rings (SSSR count). The van der Waals surface area contributed by atoms with E-state index in [1.807, 2.05) is 86.6 Å². The first kappa shape index (κ1) is 31.3. The molecular weight excluding hydrogens is 546 g/mol. The molecule has 1 N–H and O–H groups in total. The van der Waals surface area contributed by atoms with Crippen molar-refractivity contribution in [3.63, 3.8) is 0 Å². The quantitative estimate of drug-likeness (QED) is 0.283. The van der Waals surface area contributed by atoms with E-state index >= 15 is 0 Å². The van der Waals surface area contributed by atoms with E-state index in [4.69, 9.17) is 0 Å². The summed E-state index contributed by atoms with van der Waals surface area (Å²) in [6, 6.07) is 24.6. The zero-order valence-electron chi connectivity index (χ0n) is 25.0. The van der Waals surface area contributed by atoms with Gasteiger partial charge in [-0.25, -0.2) is 8.42 Å². The lowest BCUT2D eigenvalue weighted by Gasteiger charge is -2.33. The number of carbonyl (C=O) groups excluding carboxylic acids is 2. The van der Waals surface area contributed by atoms with Gasteiger partial charge < -0.3 is 10.2 Å². The number of nitrogens with one attached hydrogen (secondary N) is 1. The van der Waals surface area contributed by atoms with Gasteiger partial charge in [-0.05, 0) is 61.9 Å². The van der Waals surface area contributed by atoms with E-state index in [-0.39, 0.29) is 30.8 Å². The summed E-state index contributed by atoms with van der Waals surface area (Å²) in [5.41, 5.74) is 4.55. The molecular formula is C34H43N3O4S. The number of amides is 2. The van der Waals surface area contributed by atoms with E-state index < -0.39 is 16.1 Å². The Morgan fingerprint density at radius 3 is 2.17 bits per heavy atom. The topological polar surface area (TPSA) is 86.8 Å². The Morgan fingerprint density at radius 1 is 0.881 bits per heavy atom. The predicted octanol–water partition coefficient (Wildman–Crippen LogP) is 5.55. The number of nitrogens with zero attached hydrogens (tertiary/aromatic N) is 2. The van der Waals surface area contributed by atoms with Crippen LogP contribution in [0.2, 0.25) is 0 Å². The molecule has 0 saturated heterocycles. The third-order valence-corrected chi connectivity index (χ3v) is 9.04. The maximum absolute atomic E-state index is 14.0. The van der Waals surface area contributed by atoms with Crippen LogP contribution in [0.15, 0.2) is 78.9 Å². The Labute approximate surface area is 251 Å². The molecule has 0 aliphatic heterocycles. The Morgan fingerprint density at radius 2 is 1.52 bits per heavy atom. The molecule has 0 heterocycles. The van der Waals surface area contributed by atoms with Crippen LogP contribution in [0.4, 0.5) is 5.69 Å². The molecule has 1 atom stereocenters. The molecule has 0 radical (unpaired) electrons. The van der Waals surface area contributed by atoms with Gasteiger partial charge in [0.1, 0.15) is 6.04 Å². The summed E-state index contributed by atoms with van der Waals surface area (Å²) in [6.45, 7) is 4.39. The highest BCUT2D eigenvalue weighted by atomic mass is 32.2. The number of hydrogen-bond acceptors (Lipinski definition) is 4. The number of carbonyl (C=O) groups is 2. The van der Waals surface area contributed by atoms with Crippen molar-refractivity contribution in [2.75, 3.05) is 17.1 Å². The minimum absolute atomic E-state index is 0.117. The van der Waals surface area contributed by atoms with Crippen molar-refractivity contribution >= 4 is 27.5 Å². The number of rotatable bonds is 13. The average molecular weight is 590 g/mol. The van der Waals surface area contributed by atoms with E-state index in [9.17, 15) is 18.0 Å². The van der Waals surface area contributed by atoms with Gasteiger partial charge in [0.05, 0.1) is 11.9 Å². The SMILES string of the molecule is Cc1cccc(CN(C(=O)CCCN(c2cccc(C)c2)S(C)(=O)=O)C(Cc2ccccc2)C(=O)NC2CCCC2)c1. The maximum atomic E-state index is 14.0. The second kappa shape index (κ2) is 14.5. The van der Waals surface area contributed by atoms with Crippen LogP contribution in [0.5, 0.6) is 0 Å². The van der Waals surface area contributed by atoms with Crippen molar-refractivity contribution in [1.29, 1.82) is 0 Å². The summed E-state index contributed by atoms with van der Waals surface area (Å²) in [4.78, 5) is 29.5. The maximum Gasteiger partial charge on any atom is 0.243 e. The van der Waals surface area contributed by atoms with Crippen molar-refractivity contribution in [3.8, 4) is 0 Å². The van der Waals surface area contributed by atoms with Crippen molar-refractivity contribution in [3.05, 3.63) is 101 Å². The van der Waals surface area contributed by atoms with Crippen LogP contribution in [0.1, 0.15) is 60.8 Å². The van der Waals surface area contributed by atoms with E-state index in [2.05, 4.69) is 5.32 Å². The molecule has 2 amide bonds. The first-order chi connectivity index (χ1) is 20.1. The van der Waals surface area contributed by atoms with Crippen molar-refractivity contribution < 1.29 is 18.0 Å². The van der Waals surface area contributed by atoms with Gasteiger partial charge in [0.25, 0.3) is 0 Å². The van der Waals surface area contributed by atoms with E-state index in [0.717, 1.165) is 47.9 Å². The highest BCUT2D eigenvalue weighted by molar-refractivity contribution is 7.92. The van der Waals surface area contributed by atoms with Crippen LogP contribution in [-0.4, -0.2) is 50.0 Å². The van der Waals surface area contributed by atoms with Crippen LogP contribution in [-0.2, 0) is 32.6 Å². The minimum atomic E-state index is -3.55. The molecule has 1 aliphatic rings. The Balaban J connectivity index is 1.59. The molecule has 3 aromatic rings. The molecule has 42 heavy (non-hydrogen) atoms. The summed E-state index contributed by atoms with van der Waals surface area (Å²) in [7, 11) is -3.55. The third-order valence-electron chi connectivity index (χ3n) is 7.85. The van der Waals surface area contributed by atoms with Crippen LogP contribution in [0.3, 0.4) is 0 Å². The summed E-state index contributed by atoms with van der Waals surface area (Å²) < 4.78 is 26.7. The number of benzene rings is 3. The molecule has 1 aliphatic carbocycles. The lowest BCUT2D eigenvalue weighted by Crippen LogP contribution is -2.52. The van der Waals surface area contributed by atoms with Crippen LogP contribution in [0.25, 0.3) is 0 Å². The summed E-state index contributed by atoms with van der Waals surface area (Å²) >= 11 is 0. The lowest BCUT2D eigenvalue weighted by atomic mass is 10.0. The number of sulfonamides is 1. The van der Waals surface area contributed by atoms with E-state index in [1.54, 1.807) is 11.0 Å². The highest BCUT2D eigenvalue weighted by Crippen LogP contribution is 2.23. The molecule has 0 aromatic heterocycles. The van der Waals surface area contributed by atoms with Crippen molar-refractivity contribution in [2.45, 2.75) is 77.4 Å². The monoisotopic (exact) mass is 589 g/mol. The Hall–Kier alpha value is -3.65. The number of aryl methyl sites for hydroxylation is 2. The molecule has 0 bridgehead atoms. The van der Waals surface area contributed by atoms with Crippen molar-refractivity contribution in [1.82, 2.24) is 10.2 Å². The van der Waals surface area contributed by atoms with Gasteiger partial charge in [-0.1, -0.05) is 85.1 Å². The van der Waals surface area contributed by atoms with Gasteiger partial charge in [0.2, 0.25) is 21.8 Å². The molecule has 7 nitrogen and oxygen atoms in total. The molecule has 1 unspecified atom stereocenters. The van der Waals surface area contributed by atoms with Gasteiger partial charge in [-0.2, -0.15) is 0 Å². The third kappa shape index (κ3) is 8.92. The molecule has 1 saturated carbocycles. The Bertz CT molecular complexity index is 1450. The molecule has 3 aromatic carbocycles. The number of hydrogen-bond donors (Lipinski definition) is 1. The van der Waals surface area contributed by atoms with Crippen LogP contribution in [0, 0.1) is 13.8 Å². The fourth-order valence-corrected chi connectivity index (χ4v) is 6.67. The fraction of sp³-hybridized carbons (Fsp3) is 0.412. The largest absolute Gasteiger partial charge is 0.352 e. The highest BCUT2D eigenvalue weighted by Gasteiger charge is 2.32. The average Bonchev–Trinajstić information content (AvgIpc) is 3.46. The smallest absolute Gasteiger partial charge is 0.243 e. The summed E-state index contributed by atoms with van der Waals surface area (Å²) in [5.74, 6) is -0.305. The molecule has 224 valence electrons. The number of anilines is 1. The second-order valence-electron chi connectivity index (χ2n) is 11.5. The summed E-state index contributed by atoms with van der Waals surface area (Å²) in [5, 5.41) is 3.23. The van der Waals surface area contributed by atoms with Gasteiger partial charge in [0, 0.05) is 32.0 Å². The predicted molar refractivity (Wildman–Crippen MR) is 169 cm³/mol. The zero-order valence-corrected chi connectivity index (χ0v) is 25.8. The fourth-order valence-electron chi connectivity index (χ4n) is 5.72. The molecule has 8 heteroatoms. The molecule has 0 spiro atoms. The standard InChI is InChI=1S/C34H43N3O4S/c1-26-12-9-16-29(22-26)25-36(32(24-28-14-5-4-6-15-28)34(39)35-30-17-7-8-18-30)33(38)20-11-21-37(42(3,40)41)31-19-10-13-27(2)23-31/h4-6,9-10,12-16,19,22-23,30,32H,7-8,11,17-18,20-21,24-25H2,1-3H3,(H,35,39). The van der Waals surface area contributed by atoms with Gasteiger partial charge in [0.15, 0.2) is 0 Å². The van der Waals surface area contributed by atoms with Crippen LogP contribution >= 0.6 is 0 Å².